The summed E-state index contributed by atoms with van der Waals surface area (Å²) in [6.45, 7) is 2.86. The summed E-state index contributed by atoms with van der Waals surface area (Å²) in [7, 11) is 0. The summed E-state index contributed by atoms with van der Waals surface area (Å²) in [5.74, 6) is -14.6. The van der Waals surface area contributed by atoms with E-state index >= 15 is 0 Å². The average Bonchev–Trinajstić information content (AvgIpc) is 2.29. The molecule has 92 valence electrons. The minimum absolute atomic E-state index is 0.783. The first kappa shape index (κ1) is 13.4. The Morgan fingerprint density at radius 3 is 1.65 bits per heavy atom. The van der Waals surface area contributed by atoms with Crippen molar-refractivity contribution in [1.29, 1.82) is 0 Å². The van der Waals surface area contributed by atoms with Crippen molar-refractivity contribution in [3.8, 4) is 5.75 Å². The lowest BCUT2D eigenvalue weighted by molar-refractivity contribution is -0.129. The van der Waals surface area contributed by atoms with Crippen molar-refractivity contribution in [2.24, 2.45) is 0 Å². The number of benzene rings is 1. The van der Waals surface area contributed by atoms with E-state index < -0.39 is 45.8 Å². The summed E-state index contributed by atoms with van der Waals surface area (Å²) in [4.78, 5) is 10.8. The molecule has 8 heteroatoms. The molecule has 17 heavy (non-hydrogen) atoms. The lowest BCUT2D eigenvalue weighted by Crippen LogP contribution is -2.13. The van der Waals surface area contributed by atoms with Gasteiger partial charge < -0.3 is 4.74 Å². The van der Waals surface area contributed by atoms with Crippen LogP contribution in [0.1, 0.15) is 0 Å². The number of halogens is 6. The van der Waals surface area contributed by atoms with Crippen molar-refractivity contribution in [3.63, 3.8) is 0 Å². The van der Waals surface area contributed by atoms with E-state index in [1.165, 1.54) is 0 Å². The molecule has 1 aromatic rings. The Morgan fingerprint density at radius 2 is 1.29 bits per heavy atom. The minimum Gasteiger partial charge on any atom is -0.416 e. The number of rotatable bonds is 2. The lowest BCUT2D eigenvalue weighted by Gasteiger charge is -2.07. The van der Waals surface area contributed by atoms with Crippen LogP contribution in [0.15, 0.2) is 11.6 Å². The van der Waals surface area contributed by atoms with Crippen LogP contribution in [0.2, 0.25) is 0 Å². The van der Waals surface area contributed by atoms with E-state index in [0.717, 1.165) is 0 Å². The molecule has 0 heterocycles. The minimum atomic E-state index is -2.36. The third kappa shape index (κ3) is 2.38. The normalized spacial score (nSPS) is 10.2. The largest absolute Gasteiger partial charge is 0.416 e. The molecule has 0 fully saturated rings. The standard InChI is InChI=1S/C9H2ClF5O2/c1-2(10)9(16)17-8-6(14)4(12)3(11)5(13)7(8)15/h1H2. The summed E-state index contributed by atoms with van der Waals surface area (Å²) >= 11 is 5.02. The van der Waals surface area contributed by atoms with Gasteiger partial charge in [0.1, 0.15) is 5.03 Å². The van der Waals surface area contributed by atoms with Crippen LogP contribution in [0, 0.1) is 29.1 Å². The van der Waals surface area contributed by atoms with Crippen LogP contribution in [-0.4, -0.2) is 5.97 Å². The van der Waals surface area contributed by atoms with E-state index in [0.29, 0.717) is 0 Å². The first-order valence-electron chi connectivity index (χ1n) is 3.85. The second kappa shape index (κ2) is 4.70. The zero-order valence-corrected chi connectivity index (χ0v) is 8.55. The molecule has 0 saturated heterocycles. The second-order valence-corrected chi connectivity index (χ2v) is 3.15. The summed E-state index contributed by atoms with van der Waals surface area (Å²) in [5, 5.41) is -0.783. The Balaban J connectivity index is 3.35. The van der Waals surface area contributed by atoms with Crippen molar-refractivity contribution in [2.45, 2.75) is 0 Å². The first-order chi connectivity index (χ1) is 7.77. The van der Waals surface area contributed by atoms with Gasteiger partial charge in [0.05, 0.1) is 0 Å². The van der Waals surface area contributed by atoms with E-state index in [1.807, 2.05) is 0 Å². The van der Waals surface area contributed by atoms with Gasteiger partial charge in [-0.15, -0.1) is 0 Å². The molecule has 0 spiro atoms. The molecule has 0 atom stereocenters. The van der Waals surface area contributed by atoms with Gasteiger partial charge in [-0.05, 0) is 0 Å². The van der Waals surface area contributed by atoms with Crippen LogP contribution in [-0.2, 0) is 4.79 Å². The van der Waals surface area contributed by atoms with Gasteiger partial charge in [0.15, 0.2) is 0 Å². The summed E-state index contributed by atoms with van der Waals surface area (Å²) in [5.41, 5.74) is 0. The summed E-state index contributed by atoms with van der Waals surface area (Å²) in [6.07, 6.45) is 0. The summed E-state index contributed by atoms with van der Waals surface area (Å²) in [6, 6.07) is 0. The number of carbonyl (C=O) groups is 1. The molecule has 2 nitrogen and oxygen atoms in total. The van der Waals surface area contributed by atoms with Gasteiger partial charge in [0.25, 0.3) is 0 Å². The molecule has 0 saturated carbocycles. The zero-order chi connectivity index (χ0) is 13.3. The predicted molar refractivity (Wildman–Crippen MR) is 46.9 cm³/mol. The van der Waals surface area contributed by atoms with E-state index in [1.54, 1.807) is 0 Å². The molecule has 0 aliphatic heterocycles. The van der Waals surface area contributed by atoms with Gasteiger partial charge in [-0.1, -0.05) is 18.2 Å². The van der Waals surface area contributed by atoms with Crippen LogP contribution < -0.4 is 4.74 Å². The van der Waals surface area contributed by atoms with Crippen molar-refractivity contribution in [1.82, 2.24) is 0 Å². The van der Waals surface area contributed by atoms with Crippen LogP contribution >= 0.6 is 11.6 Å². The van der Waals surface area contributed by atoms with E-state index in [2.05, 4.69) is 11.3 Å². The topological polar surface area (TPSA) is 26.3 Å². The molecule has 0 radical (unpaired) electrons. The third-order valence-electron chi connectivity index (χ3n) is 1.59. The maximum Gasteiger partial charge on any atom is 0.354 e. The predicted octanol–water partition coefficient (Wildman–Crippen LogP) is 3.04. The van der Waals surface area contributed by atoms with Gasteiger partial charge in [-0.25, -0.2) is 18.0 Å². The molecule has 0 aliphatic rings. The van der Waals surface area contributed by atoms with E-state index in [4.69, 9.17) is 11.6 Å². The molecule has 0 amide bonds. The highest BCUT2D eigenvalue weighted by molar-refractivity contribution is 6.41. The number of hydrogen-bond acceptors (Lipinski definition) is 2. The number of esters is 1. The number of ether oxygens (including phenoxy) is 1. The van der Waals surface area contributed by atoms with Gasteiger partial charge in [-0.2, -0.15) is 8.78 Å². The maximum absolute atomic E-state index is 13.0. The summed E-state index contributed by atoms with van der Waals surface area (Å²) < 4.78 is 67.7. The second-order valence-electron chi connectivity index (χ2n) is 2.69. The Hall–Kier alpha value is -1.63. The highest BCUT2D eigenvalue weighted by Crippen LogP contribution is 2.29. The first-order valence-corrected chi connectivity index (χ1v) is 4.23. The van der Waals surface area contributed by atoms with Gasteiger partial charge in [0, 0.05) is 0 Å². The maximum atomic E-state index is 13.0. The van der Waals surface area contributed by atoms with Crippen LogP contribution in [0.5, 0.6) is 5.75 Å². The van der Waals surface area contributed by atoms with Gasteiger partial charge in [0.2, 0.25) is 34.8 Å². The molecular formula is C9H2ClF5O2. The smallest absolute Gasteiger partial charge is 0.354 e. The molecule has 0 aromatic heterocycles. The van der Waals surface area contributed by atoms with Gasteiger partial charge >= 0.3 is 5.97 Å². The molecule has 1 rings (SSSR count). The Kier molecular flexibility index (Phi) is 3.72. The molecule has 0 unspecified atom stereocenters. The fourth-order valence-electron chi connectivity index (χ4n) is 0.822. The van der Waals surface area contributed by atoms with Crippen LogP contribution in [0.4, 0.5) is 22.0 Å². The molecular weight excluding hydrogens is 271 g/mol. The van der Waals surface area contributed by atoms with E-state index in [9.17, 15) is 26.7 Å². The Labute approximate surface area is 96.2 Å². The third-order valence-corrected chi connectivity index (χ3v) is 1.74. The molecule has 1 aromatic carbocycles. The van der Waals surface area contributed by atoms with Crippen LogP contribution in [0.3, 0.4) is 0 Å². The zero-order valence-electron chi connectivity index (χ0n) is 7.79. The van der Waals surface area contributed by atoms with Crippen molar-refractivity contribution in [2.75, 3.05) is 0 Å². The molecule has 0 bridgehead atoms. The lowest BCUT2D eigenvalue weighted by atomic mass is 10.2. The van der Waals surface area contributed by atoms with Gasteiger partial charge in [-0.3, -0.25) is 0 Å². The SMILES string of the molecule is C=C(Cl)C(=O)Oc1c(F)c(F)c(F)c(F)c1F. The average molecular weight is 273 g/mol. The Morgan fingerprint density at radius 1 is 0.941 bits per heavy atom. The highest BCUT2D eigenvalue weighted by atomic mass is 35.5. The van der Waals surface area contributed by atoms with E-state index in [-0.39, 0.29) is 0 Å². The quantitative estimate of drug-likeness (QED) is 0.207. The molecule has 0 aliphatic carbocycles. The molecule has 0 N–H and O–H groups in total. The van der Waals surface area contributed by atoms with Crippen molar-refractivity contribution in [3.05, 3.63) is 40.7 Å². The monoisotopic (exact) mass is 272 g/mol. The fraction of sp³-hybridized carbons (Fsp3) is 0. The van der Waals surface area contributed by atoms with Crippen LogP contribution in [0.25, 0.3) is 0 Å². The van der Waals surface area contributed by atoms with Crippen molar-refractivity contribution >= 4 is 17.6 Å². The number of carbonyl (C=O) groups excluding carboxylic acids is 1. The highest BCUT2D eigenvalue weighted by Gasteiger charge is 2.28. The Bertz CT molecular complexity index is 486. The van der Waals surface area contributed by atoms with Crippen molar-refractivity contribution < 1.29 is 31.5 Å². The fourth-order valence-corrected chi connectivity index (χ4v) is 0.861. The number of hydrogen-bond donors (Lipinski definition) is 0.